The van der Waals surface area contributed by atoms with Crippen LogP contribution in [0.25, 0.3) is 0 Å². The van der Waals surface area contributed by atoms with Crippen molar-refractivity contribution in [3.8, 4) is 6.07 Å². The normalized spacial score (nSPS) is 14.4. The van der Waals surface area contributed by atoms with Crippen LogP contribution < -0.4 is 10.6 Å². The number of nitrogens with one attached hydrogen (secondary N) is 2. The predicted molar refractivity (Wildman–Crippen MR) is 82.0 cm³/mol. The summed E-state index contributed by atoms with van der Waals surface area (Å²) in [4.78, 5) is 0. The van der Waals surface area contributed by atoms with Gasteiger partial charge < -0.3 is 10.6 Å². The Labute approximate surface area is 118 Å². The Bertz CT molecular complexity index is 359. The van der Waals surface area contributed by atoms with E-state index >= 15 is 0 Å². The van der Waals surface area contributed by atoms with E-state index in [0.29, 0.717) is 17.7 Å². The highest BCUT2D eigenvalue weighted by Gasteiger charge is 2.25. The molecule has 3 nitrogen and oxygen atoms in total. The maximum absolute atomic E-state index is 9.46. The van der Waals surface area contributed by atoms with E-state index in [1.807, 2.05) is 6.20 Å². The summed E-state index contributed by atoms with van der Waals surface area (Å²) in [5.41, 5.74) is 0.915. The summed E-state index contributed by atoms with van der Waals surface area (Å²) in [5, 5.41) is 15.4. The minimum absolute atomic E-state index is 0.139. The summed E-state index contributed by atoms with van der Waals surface area (Å²) < 4.78 is 0. The molecule has 0 aromatic heterocycles. The summed E-state index contributed by atoms with van der Waals surface area (Å²) in [6.07, 6.45) is 5.76. The largest absolute Gasteiger partial charge is 0.375 e. The minimum atomic E-state index is -0.139. The average Bonchev–Trinajstić information content (AvgIpc) is 2.43. The van der Waals surface area contributed by atoms with Crippen LogP contribution in [0.5, 0.6) is 0 Å². The quantitative estimate of drug-likeness (QED) is 0.624. The molecule has 0 aliphatic rings. The van der Waals surface area contributed by atoms with Gasteiger partial charge in [0.05, 0.1) is 17.8 Å². The second-order valence-electron chi connectivity index (χ2n) is 4.76. The first kappa shape index (κ1) is 17.3. The lowest BCUT2D eigenvalue weighted by Crippen LogP contribution is -2.23. The third-order valence-electron chi connectivity index (χ3n) is 3.77. The highest BCUT2D eigenvalue weighted by molar-refractivity contribution is 5.26. The van der Waals surface area contributed by atoms with Crippen molar-refractivity contribution in [2.45, 2.75) is 33.6 Å². The first-order valence-electron chi connectivity index (χ1n) is 6.90. The standard InChI is InChI=1S/C16H27N3/c1-7-14(8-2)12(4)16(10-17)15(9-3)11-19-13(5)18-6/h9,11-12,14,16,18-19H,3,5,7-8H2,1-2,4,6H3/b15-11+. The van der Waals surface area contributed by atoms with Gasteiger partial charge in [0.25, 0.3) is 0 Å². The zero-order valence-corrected chi connectivity index (χ0v) is 12.7. The van der Waals surface area contributed by atoms with Crippen molar-refractivity contribution < 1.29 is 0 Å². The van der Waals surface area contributed by atoms with Crippen LogP contribution in [0.15, 0.2) is 36.8 Å². The van der Waals surface area contributed by atoms with Crippen LogP contribution in [0.3, 0.4) is 0 Å². The van der Waals surface area contributed by atoms with E-state index < -0.39 is 0 Å². The van der Waals surface area contributed by atoms with E-state index in [2.05, 4.69) is 50.6 Å². The van der Waals surface area contributed by atoms with Gasteiger partial charge in [-0.1, -0.05) is 52.8 Å². The van der Waals surface area contributed by atoms with Crippen LogP contribution in [0.1, 0.15) is 33.6 Å². The minimum Gasteiger partial charge on any atom is -0.375 e. The Hall–Kier alpha value is -1.69. The highest BCUT2D eigenvalue weighted by atomic mass is 15.0. The number of hydrogen-bond donors (Lipinski definition) is 2. The van der Waals surface area contributed by atoms with Crippen LogP contribution in [-0.4, -0.2) is 7.05 Å². The van der Waals surface area contributed by atoms with Gasteiger partial charge in [0.15, 0.2) is 0 Å². The molecule has 0 radical (unpaired) electrons. The molecular weight excluding hydrogens is 234 g/mol. The molecule has 0 heterocycles. The molecule has 0 fully saturated rings. The van der Waals surface area contributed by atoms with Crippen LogP contribution in [0.2, 0.25) is 0 Å². The van der Waals surface area contributed by atoms with Crippen molar-refractivity contribution in [3.05, 3.63) is 36.8 Å². The first-order valence-corrected chi connectivity index (χ1v) is 6.90. The van der Waals surface area contributed by atoms with Crippen molar-refractivity contribution in [2.75, 3.05) is 7.05 Å². The highest BCUT2D eigenvalue weighted by Crippen LogP contribution is 2.30. The van der Waals surface area contributed by atoms with Gasteiger partial charge in [0.1, 0.15) is 0 Å². The molecule has 0 amide bonds. The molecule has 19 heavy (non-hydrogen) atoms. The molecular formula is C16H27N3. The maximum Gasteiger partial charge on any atom is 0.0949 e. The lowest BCUT2D eigenvalue weighted by atomic mass is 9.77. The lowest BCUT2D eigenvalue weighted by Gasteiger charge is -2.26. The van der Waals surface area contributed by atoms with Crippen molar-refractivity contribution in [1.29, 1.82) is 5.26 Å². The van der Waals surface area contributed by atoms with Gasteiger partial charge >= 0.3 is 0 Å². The van der Waals surface area contributed by atoms with Crippen LogP contribution in [0.4, 0.5) is 0 Å². The van der Waals surface area contributed by atoms with Crippen molar-refractivity contribution >= 4 is 0 Å². The van der Waals surface area contributed by atoms with Crippen molar-refractivity contribution in [3.63, 3.8) is 0 Å². The molecule has 0 saturated carbocycles. The molecule has 3 heteroatoms. The molecule has 0 aromatic carbocycles. The monoisotopic (exact) mass is 261 g/mol. The van der Waals surface area contributed by atoms with E-state index in [1.165, 1.54) is 0 Å². The lowest BCUT2D eigenvalue weighted by molar-refractivity contribution is 0.297. The molecule has 0 rings (SSSR count). The summed E-state index contributed by atoms with van der Waals surface area (Å²) in [6, 6.07) is 2.41. The van der Waals surface area contributed by atoms with E-state index in [0.717, 1.165) is 18.4 Å². The molecule has 2 atom stereocenters. The average molecular weight is 261 g/mol. The molecule has 0 aliphatic carbocycles. The Kier molecular flexibility index (Phi) is 8.44. The molecule has 106 valence electrons. The van der Waals surface area contributed by atoms with Gasteiger partial charge in [-0.2, -0.15) is 5.26 Å². The number of nitriles is 1. The number of nitrogens with zero attached hydrogens (tertiary/aromatic N) is 1. The fourth-order valence-corrected chi connectivity index (χ4v) is 2.32. The van der Waals surface area contributed by atoms with Gasteiger partial charge in [-0.05, 0) is 17.4 Å². The summed E-state index contributed by atoms with van der Waals surface area (Å²) in [5.74, 6) is 1.43. The van der Waals surface area contributed by atoms with Crippen LogP contribution in [-0.2, 0) is 0 Å². The smallest absolute Gasteiger partial charge is 0.0949 e. The summed E-state index contributed by atoms with van der Waals surface area (Å²) >= 11 is 0. The van der Waals surface area contributed by atoms with Crippen molar-refractivity contribution in [2.24, 2.45) is 17.8 Å². The van der Waals surface area contributed by atoms with Gasteiger partial charge in [0.2, 0.25) is 0 Å². The molecule has 2 unspecified atom stereocenters. The van der Waals surface area contributed by atoms with E-state index in [9.17, 15) is 5.26 Å². The van der Waals surface area contributed by atoms with E-state index in [4.69, 9.17) is 0 Å². The van der Waals surface area contributed by atoms with Crippen LogP contribution in [0, 0.1) is 29.1 Å². The summed E-state index contributed by atoms with van der Waals surface area (Å²) in [6.45, 7) is 14.1. The van der Waals surface area contributed by atoms with Crippen LogP contribution >= 0.6 is 0 Å². The zero-order valence-electron chi connectivity index (χ0n) is 12.7. The molecule has 0 aliphatic heterocycles. The van der Waals surface area contributed by atoms with E-state index in [1.54, 1.807) is 13.1 Å². The third-order valence-corrected chi connectivity index (χ3v) is 3.77. The van der Waals surface area contributed by atoms with Gasteiger partial charge in [-0.25, -0.2) is 0 Å². The Morgan fingerprint density at radius 1 is 1.37 bits per heavy atom. The van der Waals surface area contributed by atoms with E-state index in [-0.39, 0.29) is 5.92 Å². The molecule has 0 spiro atoms. The Balaban J connectivity index is 5.03. The zero-order chi connectivity index (χ0) is 14.8. The number of rotatable bonds is 9. The van der Waals surface area contributed by atoms with Crippen molar-refractivity contribution in [1.82, 2.24) is 10.6 Å². The second-order valence-corrected chi connectivity index (χ2v) is 4.76. The topological polar surface area (TPSA) is 47.8 Å². The fraction of sp³-hybridized carbons (Fsp3) is 0.562. The predicted octanol–water partition coefficient (Wildman–Crippen LogP) is 3.55. The number of allylic oxidation sites excluding steroid dienone is 2. The maximum atomic E-state index is 9.46. The molecule has 0 saturated heterocycles. The Morgan fingerprint density at radius 2 is 1.95 bits per heavy atom. The summed E-state index contributed by atoms with van der Waals surface area (Å²) in [7, 11) is 1.80. The first-order chi connectivity index (χ1) is 9.05. The van der Waals surface area contributed by atoms with Gasteiger partial charge in [0, 0.05) is 13.2 Å². The van der Waals surface area contributed by atoms with Gasteiger partial charge in [-0.15, -0.1) is 0 Å². The Morgan fingerprint density at radius 3 is 2.32 bits per heavy atom. The molecule has 0 aromatic rings. The molecule has 2 N–H and O–H groups in total. The second kappa shape index (κ2) is 9.27. The SMILES string of the molecule is C=C/C(=C\NC(=C)NC)C(C#N)C(C)C(CC)CC. The third kappa shape index (κ3) is 5.21. The fourth-order valence-electron chi connectivity index (χ4n) is 2.32. The number of hydrogen-bond acceptors (Lipinski definition) is 3. The molecule has 0 bridgehead atoms. The van der Waals surface area contributed by atoms with Gasteiger partial charge in [-0.3, -0.25) is 0 Å².